The van der Waals surface area contributed by atoms with Crippen molar-refractivity contribution in [1.82, 2.24) is 0 Å². The number of benzene rings is 1. The lowest BCUT2D eigenvalue weighted by Gasteiger charge is -1.94. The fourth-order valence-electron chi connectivity index (χ4n) is 1.76. The highest BCUT2D eigenvalue weighted by atomic mass is 14.9. The smallest absolute Gasteiger partial charge is 0.173 e. The van der Waals surface area contributed by atoms with E-state index in [4.69, 9.17) is 0 Å². The van der Waals surface area contributed by atoms with E-state index in [2.05, 4.69) is 61.3 Å². The van der Waals surface area contributed by atoms with Crippen molar-refractivity contribution in [2.24, 2.45) is 0 Å². The number of aryl methyl sites for hydroxylation is 2. The van der Waals surface area contributed by atoms with Gasteiger partial charge < -0.3 is 0 Å². The molecule has 0 spiro atoms. The number of pyridine rings is 1. The molecule has 1 heterocycles. The highest BCUT2D eigenvalue weighted by molar-refractivity contribution is 5.56. The largest absolute Gasteiger partial charge is 0.177 e. The van der Waals surface area contributed by atoms with Gasteiger partial charge in [0.25, 0.3) is 0 Å². The Morgan fingerprint density at radius 3 is 2.19 bits per heavy atom. The van der Waals surface area contributed by atoms with Crippen LogP contribution in [0.2, 0.25) is 0 Å². The van der Waals surface area contributed by atoms with Crippen LogP contribution in [-0.4, -0.2) is 0 Å². The minimum absolute atomic E-state index is 1.22. The first kappa shape index (κ1) is 10.6. The van der Waals surface area contributed by atoms with Gasteiger partial charge in [-0.2, -0.15) is 4.57 Å². The quantitative estimate of drug-likeness (QED) is 0.670. The van der Waals surface area contributed by atoms with Crippen molar-refractivity contribution >= 4 is 12.3 Å². The van der Waals surface area contributed by atoms with Crippen molar-refractivity contribution < 1.29 is 4.57 Å². The molecule has 0 saturated heterocycles. The number of hydrogen-bond acceptors (Lipinski definition) is 0. The summed E-state index contributed by atoms with van der Waals surface area (Å²) < 4.78 is 2.09. The normalized spacial score (nSPS) is 10.9. The van der Waals surface area contributed by atoms with Crippen molar-refractivity contribution in [3.63, 3.8) is 0 Å². The lowest BCUT2D eigenvalue weighted by atomic mass is 10.2. The van der Waals surface area contributed by atoms with Gasteiger partial charge in [-0.1, -0.05) is 30.3 Å². The summed E-state index contributed by atoms with van der Waals surface area (Å²) >= 11 is 0. The summed E-state index contributed by atoms with van der Waals surface area (Å²) in [5.41, 5.74) is 3.77. The average molecular weight is 210 g/mol. The number of hydrogen-bond donors (Lipinski definition) is 0. The SMILES string of the molecule is Cc1cc(C)c[n+](C=Cc2ccccc2)c1. The second-order valence-electron chi connectivity index (χ2n) is 4.06. The topological polar surface area (TPSA) is 3.88 Å². The predicted molar refractivity (Wildman–Crippen MR) is 67.8 cm³/mol. The van der Waals surface area contributed by atoms with E-state index < -0.39 is 0 Å². The summed E-state index contributed by atoms with van der Waals surface area (Å²) in [6.45, 7) is 4.22. The molecular weight excluding hydrogens is 194 g/mol. The molecule has 1 nitrogen and oxygen atoms in total. The molecule has 0 radical (unpaired) electrons. The van der Waals surface area contributed by atoms with Gasteiger partial charge in [-0.15, -0.1) is 0 Å². The Labute approximate surface area is 96.7 Å². The van der Waals surface area contributed by atoms with Crippen LogP contribution in [0, 0.1) is 13.8 Å². The summed E-state index contributed by atoms with van der Waals surface area (Å²) in [6, 6.07) is 12.5. The van der Waals surface area contributed by atoms with Crippen LogP contribution < -0.4 is 4.57 Å². The molecule has 0 fully saturated rings. The molecule has 0 atom stereocenters. The van der Waals surface area contributed by atoms with Crippen LogP contribution in [0.25, 0.3) is 12.3 Å². The zero-order valence-corrected chi connectivity index (χ0v) is 9.72. The summed E-state index contributed by atoms with van der Waals surface area (Å²) in [4.78, 5) is 0. The molecule has 16 heavy (non-hydrogen) atoms. The zero-order valence-electron chi connectivity index (χ0n) is 9.72. The zero-order chi connectivity index (χ0) is 11.4. The molecule has 0 amide bonds. The maximum absolute atomic E-state index is 2.17. The van der Waals surface area contributed by atoms with Crippen LogP contribution in [0.4, 0.5) is 0 Å². The highest BCUT2D eigenvalue weighted by Crippen LogP contribution is 2.01. The Balaban J connectivity index is 2.24. The van der Waals surface area contributed by atoms with Crippen molar-refractivity contribution in [2.45, 2.75) is 13.8 Å². The second-order valence-corrected chi connectivity index (χ2v) is 4.06. The van der Waals surface area contributed by atoms with Gasteiger partial charge in [0.2, 0.25) is 0 Å². The van der Waals surface area contributed by atoms with E-state index in [9.17, 15) is 0 Å². The summed E-state index contributed by atoms with van der Waals surface area (Å²) in [6.07, 6.45) is 8.42. The van der Waals surface area contributed by atoms with Crippen LogP contribution in [-0.2, 0) is 0 Å². The molecule has 0 bridgehead atoms. The summed E-state index contributed by atoms with van der Waals surface area (Å²) in [5, 5.41) is 0. The molecule has 1 aromatic heterocycles. The van der Waals surface area contributed by atoms with Gasteiger partial charge in [0.15, 0.2) is 18.6 Å². The first-order valence-corrected chi connectivity index (χ1v) is 5.46. The van der Waals surface area contributed by atoms with Gasteiger partial charge in [0, 0.05) is 17.2 Å². The van der Waals surface area contributed by atoms with Crippen molar-refractivity contribution in [3.05, 3.63) is 65.5 Å². The molecule has 0 saturated carbocycles. The van der Waals surface area contributed by atoms with Crippen LogP contribution >= 0.6 is 0 Å². The minimum atomic E-state index is 1.22. The summed E-state index contributed by atoms with van der Waals surface area (Å²) in [7, 11) is 0. The van der Waals surface area contributed by atoms with Gasteiger partial charge in [0.05, 0.1) is 0 Å². The fraction of sp³-hybridized carbons (Fsp3) is 0.133. The third-order valence-electron chi connectivity index (χ3n) is 2.40. The van der Waals surface area contributed by atoms with Gasteiger partial charge in [0.1, 0.15) is 0 Å². The monoisotopic (exact) mass is 210 g/mol. The van der Waals surface area contributed by atoms with Crippen LogP contribution in [0.3, 0.4) is 0 Å². The standard InChI is InChI=1S/C15H16N/c1-13-10-14(2)12-16(11-13)9-8-15-6-4-3-5-7-15/h3-12H,1-2H3/q+1. The Hall–Kier alpha value is -1.89. The number of rotatable bonds is 2. The lowest BCUT2D eigenvalue weighted by molar-refractivity contribution is -0.568. The molecule has 2 rings (SSSR count). The van der Waals surface area contributed by atoms with Crippen molar-refractivity contribution in [3.8, 4) is 0 Å². The lowest BCUT2D eigenvalue weighted by Crippen LogP contribution is -2.25. The van der Waals surface area contributed by atoms with E-state index in [1.807, 2.05) is 18.2 Å². The fourth-order valence-corrected chi connectivity index (χ4v) is 1.76. The van der Waals surface area contributed by atoms with E-state index in [0.717, 1.165) is 0 Å². The predicted octanol–water partition coefficient (Wildman–Crippen LogP) is 3.22. The Kier molecular flexibility index (Phi) is 3.16. The molecule has 1 aromatic carbocycles. The second kappa shape index (κ2) is 4.75. The van der Waals surface area contributed by atoms with Crippen molar-refractivity contribution in [2.75, 3.05) is 0 Å². The van der Waals surface area contributed by atoms with Crippen molar-refractivity contribution in [1.29, 1.82) is 0 Å². The maximum atomic E-state index is 2.17. The molecule has 0 aliphatic rings. The van der Waals surface area contributed by atoms with E-state index in [-0.39, 0.29) is 0 Å². The molecule has 1 heteroatoms. The first-order chi connectivity index (χ1) is 7.74. The van der Waals surface area contributed by atoms with Gasteiger partial charge in [-0.25, -0.2) is 0 Å². The Morgan fingerprint density at radius 1 is 0.938 bits per heavy atom. The minimum Gasteiger partial charge on any atom is -0.173 e. The molecular formula is C15H16N+. The van der Waals surface area contributed by atoms with Crippen LogP contribution in [0.1, 0.15) is 16.7 Å². The first-order valence-electron chi connectivity index (χ1n) is 5.46. The Bertz CT molecular complexity index is 478. The third kappa shape index (κ3) is 2.80. The van der Waals surface area contributed by atoms with Gasteiger partial charge in [-0.05, 0) is 25.5 Å². The van der Waals surface area contributed by atoms with Gasteiger partial charge in [-0.3, -0.25) is 0 Å². The van der Waals surface area contributed by atoms with E-state index in [0.29, 0.717) is 0 Å². The third-order valence-corrected chi connectivity index (χ3v) is 2.40. The average Bonchev–Trinajstić information content (AvgIpc) is 2.27. The molecule has 0 unspecified atom stereocenters. The number of nitrogens with zero attached hydrogens (tertiary/aromatic N) is 1. The number of aromatic nitrogens is 1. The Morgan fingerprint density at radius 2 is 1.56 bits per heavy atom. The van der Waals surface area contributed by atoms with E-state index >= 15 is 0 Å². The van der Waals surface area contributed by atoms with E-state index in [1.165, 1.54) is 16.7 Å². The molecule has 0 aliphatic carbocycles. The molecule has 0 aliphatic heterocycles. The maximum Gasteiger partial charge on any atom is 0.177 e. The summed E-state index contributed by atoms with van der Waals surface area (Å²) in [5.74, 6) is 0. The van der Waals surface area contributed by atoms with E-state index in [1.54, 1.807) is 0 Å². The van der Waals surface area contributed by atoms with Gasteiger partial charge >= 0.3 is 0 Å². The van der Waals surface area contributed by atoms with Crippen LogP contribution in [0.5, 0.6) is 0 Å². The molecule has 2 aromatic rings. The molecule has 0 N–H and O–H groups in total. The highest BCUT2D eigenvalue weighted by Gasteiger charge is 1.98. The van der Waals surface area contributed by atoms with Crippen LogP contribution in [0.15, 0.2) is 48.8 Å². The molecule has 80 valence electrons.